The molecule has 0 spiro atoms. The summed E-state index contributed by atoms with van der Waals surface area (Å²) in [5.41, 5.74) is 0. The van der Waals surface area contributed by atoms with Crippen LogP contribution in [0.2, 0.25) is 0 Å². The summed E-state index contributed by atoms with van der Waals surface area (Å²) >= 11 is 0. The lowest BCUT2D eigenvalue weighted by molar-refractivity contribution is 0.248. The van der Waals surface area contributed by atoms with Crippen LogP contribution < -0.4 is 0 Å². The molecule has 2 heterocycles. The maximum absolute atomic E-state index is 2.57. The third kappa shape index (κ3) is 3.86. The van der Waals surface area contributed by atoms with Gasteiger partial charge in [-0.3, -0.25) is 4.90 Å². The molecule has 2 fully saturated rings. The highest BCUT2D eigenvalue weighted by molar-refractivity contribution is 4.87. The average Bonchev–Trinajstić information content (AvgIpc) is 2.32. The van der Waals surface area contributed by atoms with Crippen molar-refractivity contribution in [2.45, 2.75) is 38.5 Å². The predicted octanol–water partition coefficient (Wildman–Crippen LogP) is 2.47. The van der Waals surface area contributed by atoms with Gasteiger partial charge in [0.25, 0.3) is 0 Å². The van der Waals surface area contributed by atoms with Crippen molar-refractivity contribution in [3.05, 3.63) is 12.3 Å². The molecule has 0 aliphatic carbocycles. The predicted molar refractivity (Wildman–Crippen MR) is 64.9 cm³/mol. The van der Waals surface area contributed by atoms with Crippen LogP contribution >= 0.6 is 0 Å². The monoisotopic (exact) mass is 208 g/mol. The van der Waals surface area contributed by atoms with Crippen LogP contribution in [0.5, 0.6) is 0 Å². The van der Waals surface area contributed by atoms with E-state index in [1.165, 1.54) is 64.7 Å². The maximum atomic E-state index is 2.57. The Morgan fingerprint density at radius 2 is 1.33 bits per heavy atom. The standard InChI is InChI=1S/C13H24N2/c1-3-8-14(9-4-1)12-7-13-15-10-5-2-6-11-15/h7,12H,1-6,8-11,13H2/b12-7+. The summed E-state index contributed by atoms with van der Waals surface area (Å²) in [5, 5.41) is 0. The zero-order valence-electron chi connectivity index (χ0n) is 9.83. The average molecular weight is 208 g/mol. The first-order valence-electron chi connectivity index (χ1n) is 6.58. The van der Waals surface area contributed by atoms with E-state index in [1.54, 1.807) is 0 Å². The van der Waals surface area contributed by atoms with E-state index >= 15 is 0 Å². The number of hydrogen-bond donors (Lipinski definition) is 0. The van der Waals surface area contributed by atoms with Gasteiger partial charge < -0.3 is 4.90 Å². The van der Waals surface area contributed by atoms with Gasteiger partial charge >= 0.3 is 0 Å². The fourth-order valence-electron chi connectivity index (χ4n) is 2.55. The number of rotatable bonds is 3. The highest BCUT2D eigenvalue weighted by Gasteiger charge is 2.08. The van der Waals surface area contributed by atoms with Crippen molar-refractivity contribution in [1.29, 1.82) is 0 Å². The number of nitrogens with zero attached hydrogens (tertiary/aromatic N) is 2. The Balaban J connectivity index is 1.64. The van der Waals surface area contributed by atoms with Gasteiger partial charge in [0.05, 0.1) is 0 Å². The maximum Gasteiger partial charge on any atom is 0.0180 e. The fraction of sp³-hybridized carbons (Fsp3) is 0.846. The summed E-state index contributed by atoms with van der Waals surface area (Å²) in [6.45, 7) is 6.33. The highest BCUT2D eigenvalue weighted by Crippen LogP contribution is 2.10. The largest absolute Gasteiger partial charge is 0.378 e. The third-order valence-corrected chi connectivity index (χ3v) is 3.52. The van der Waals surface area contributed by atoms with Gasteiger partial charge in [0.2, 0.25) is 0 Å². The molecule has 2 nitrogen and oxygen atoms in total. The fourth-order valence-corrected chi connectivity index (χ4v) is 2.55. The molecule has 0 aromatic heterocycles. The van der Waals surface area contributed by atoms with Gasteiger partial charge in [0.15, 0.2) is 0 Å². The molecule has 86 valence electrons. The van der Waals surface area contributed by atoms with E-state index in [0.29, 0.717) is 0 Å². The quantitative estimate of drug-likeness (QED) is 0.703. The molecular weight excluding hydrogens is 184 g/mol. The number of hydrogen-bond acceptors (Lipinski definition) is 2. The Labute approximate surface area is 93.9 Å². The van der Waals surface area contributed by atoms with Crippen molar-refractivity contribution in [3.8, 4) is 0 Å². The van der Waals surface area contributed by atoms with E-state index in [1.807, 2.05) is 0 Å². The van der Waals surface area contributed by atoms with Crippen molar-refractivity contribution in [2.75, 3.05) is 32.7 Å². The summed E-state index contributed by atoms with van der Waals surface area (Å²) in [6.07, 6.45) is 13.1. The molecular formula is C13H24N2. The Bertz CT molecular complexity index is 189. The smallest absolute Gasteiger partial charge is 0.0180 e. The van der Waals surface area contributed by atoms with Gasteiger partial charge in [0, 0.05) is 19.6 Å². The molecule has 0 aromatic carbocycles. The summed E-state index contributed by atoms with van der Waals surface area (Å²) < 4.78 is 0. The molecule has 2 aliphatic rings. The zero-order chi connectivity index (χ0) is 10.3. The van der Waals surface area contributed by atoms with Crippen LogP contribution in [-0.4, -0.2) is 42.5 Å². The van der Waals surface area contributed by atoms with E-state index in [0.717, 1.165) is 6.54 Å². The summed E-state index contributed by atoms with van der Waals surface area (Å²) in [4.78, 5) is 5.05. The van der Waals surface area contributed by atoms with E-state index in [9.17, 15) is 0 Å². The normalized spacial score (nSPS) is 24.9. The van der Waals surface area contributed by atoms with Gasteiger partial charge in [-0.15, -0.1) is 0 Å². The molecule has 2 saturated heterocycles. The van der Waals surface area contributed by atoms with E-state index < -0.39 is 0 Å². The second kappa shape index (κ2) is 6.16. The van der Waals surface area contributed by atoms with Crippen LogP contribution in [0.25, 0.3) is 0 Å². The van der Waals surface area contributed by atoms with Gasteiger partial charge in [0.1, 0.15) is 0 Å². The lowest BCUT2D eigenvalue weighted by Gasteiger charge is -2.27. The Morgan fingerprint density at radius 1 is 0.733 bits per heavy atom. The minimum atomic E-state index is 1.16. The van der Waals surface area contributed by atoms with Crippen LogP contribution in [0.4, 0.5) is 0 Å². The molecule has 0 atom stereocenters. The minimum absolute atomic E-state index is 1.16. The Kier molecular flexibility index (Phi) is 4.52. The van der Waals surface area contributed by atoms with E-state index in [4.69, 9.17) is 0 Å². The van der Waals surface area contributed by atoms with Crippen LogP contribution in [0.3, 0.4) is 0 Å². The Hall–Kier alpha value is -0.500. The first kappa shape index (κ1) is 11.0. The SMILES string of the molecule is C(=C\N1CCCCC1)/CN1CCCCC1. The van der Waals surface area contributed by atoms with Crippen LogP contribution in [0.1, 0.15) is 38.5 Å². The number of piperidine rings is 2. The zero-order valence-corrected chi connectivity index (χ0v) is 9.83. The van der Waals surface area contributed by atoms with Crippen LogP contribution in [-0.2, 0) is 0 Å². The molecule has 2 heteroatoms. The van der Waals surface area contributed by atoms with Crippen LogP contribution in [0, 0.1) is 0 Å². The lowest BCUT2D eigenvalue weighted by atomic mass is 10.1. The second-order valence-corrected chi connectivity index (χ2v) is 4.84. The molecule has 2 rings (SSSR count). The number of likely N-dealkylation sites (tertiary alicyclic amines) is 2. The summed E-state index contributed by atoms with van der Waals surface area (Å²) in [5.74, 6) is 0. The van der Waals surface area contributed by atoms with Gasteiger partial charge in [-0.25, -0.2) is 0 Å². The van der Waals surface area contributed by atoms with Crippen molar-refractivity contribution >= 4 is 0 Å². The van der Waals surface area contributed by atoms with Crippen molar-refractivity contribution in [2.24, 2.45) is 0 Å². The topological polar surface area (TPSA) is 6.48 Å². The molecule has 0 radical (unpaired) electrons. The molecule has 0 N–H and O–H groups in total. The lowest BCUT2D eigenvalue weighted by Crippen LogP contribution is -2.30. The van der Waals surface area contributed by atoms with Gasteiger partial charge in [-0.05, 0) is 51.4 Å². The molecule has 0 saturated carbocycles. The molecule has 2 aliphatic heterocycles. The third-order valence-electron chi connectivity index (χ3n) is 3.52. The first-order chi connectivity index (χ1) is 7.45. The first-order valence-corrected chi connectivity index (χ1v) is 6.58. The van der Waals surface area contributed by atoms with Crippen LogP contribution in [0.15, 0.2) is 12.3 Å². The van der Waals surface area contributed by atoms with E-state index in [2.05, 4.69) is 22.1 Å². The van der Waals surface area contributed by atoms with Crippen molar-refractivity contribution in [1.82, 2.24) is 9.80 Å². The molecule has 0 aromatic rings. The summed E-state index contributed by atoms with van der Waals surface area (Å²) in [6, 6.07) is 0. The summed E-state index contributed by atoms with van der Waals surface area (Å²) in [7, 11) is 0. The van der Waals surface area contributed by atoms with Crippen molar-refractivity contribution < 1.29 is 0 Å². The minimum Gasteiger partial charge on any atom is -0.378 e. The van der Waals surface area contributed by atoms with Crippen molar-refractivity contribution in [3.63, 3.8) is 0 Å². The molecule has 0 unspecified atom stereocenters. The van der Waals surface area contributed by atoms with Gasteiger partial charge in [-0.2, -0.15) is 0 Å². The second-order valence-electron chi connectivity index (χ2n) is 4.84. The molecule has 15 heavy (non-hydrogen) atoms. The van der Waals surface area contributed by atoms with Gasteiger partial charge in [-0.1, -0.05) is 12.5 Å². The highest BCUT2D eigenvalue weighted by atomic mass is 15.1. The van der Waals surface area contributed by atoms with E-state index in [-0.39, 0.29) is 0 Å². The molecule has 0 amide bonds. The Morgan fingerprint density at radius 3 is 2.00 bits per heavy atom. The molecule has 0 bridgehead atoms.